The van der Waals surface area contributed by atoms with Crippen molar-refractivity contribution in [2.45, 2.75) is 6.54 Å². The van der Waals surface area contributed by atoms with Crippen LogP contribution in [-0.4, -0.2) is 21.9 Å². The Morgan fingerprint density at radius 2 is 2.00 bits per heavy atom. The molecule has 0 aliphatic carbocycles. The SMILES string of the molecule is O=C(N/N=C\c1cccc(Cl)c1)c1nn(Cc2ccc(Br)cc2)cc1Br. The van der Waals surface area contributed by atoms with Crippen LogP contribution in [0.25, 0.3) is 0 Å². The fourth-order valence-corrected chi connectivity index (χ4v) is 3.17. The van der Waals surface area contributed by atoms with Gasteiger partial charge < -0.3 is 0 Å². The molecule has 26 heavy (non-hydrogen) atoms. The lowest BCUT2D eigenvalue weighted by Gasteiger charge is -2.02. The summed E-state index contributed by atoms with van der Waals surface area (Å²) in [5, 5.41) is 8.87. The second kappa shape index (κ2) is 8.62. The summed E-state index contributed by atoms with van der Waals surface area (Å²) in [5.74, 6) is -0.398. The topological polar surface area (TPSA) is 59.3 Å². The molecule has 2 aromatic carbocycles. The molecule has 1 N–H and O–H groups in total. The third kappa shape index (κ3) is 5.03. The van der Waals surface area contributed by atoms with E-state index >= 15 is 0 Å². The lowest BCUT2D eigenvalue weighted by atomic mass is 10.2. The van der Waals surface area contributed by atoms with E-state index in [-0.39, 0.29) is 5.69 Å². The second-order valence-corrected chi connectivity index (χ2v) is 7.61. The van der Waals surface area contributed by atoms with Crippen LogP contribution in [0.1, 0.15) is 21.6 Å². The van der Waals surface area contributed by atoms with E-state index in [2.05, 4.69) is 47.5 Å². The highest BCUT2D eigenvalue weighted by Gasteiger charge is 2.14. The molecule has 8 heteroatoms. The molecule has 132 valence electrons. The van der Waals surface area contributed by atoms with Crippen molar-refractivity contribution in [2.24, 2.45) is 5.10 Å². The molecule has 0 unspecified atom stereocenters. The molecule has 3 rings (SSSR count). The molecule has 3 aromatic rings. The van der Waals surface area contributed by atoms with Crippen molar-refractivity contribution in [1.29, 1.82) is 0 Å². The van der Waals surface area contributed by atoms with Crippen molar-refractivity contribution >= 4 is 55.6 Å². The van der Waals surface area contributed by atoms with Gasteiger partial charge in [0.2, 0.25) is 0 Å². The van der Waals surface area contributed by atoms with Crippen molar-refractivity contribution < 1.29 is 4.79 Å². The molecule has 0 radical (unpaired) electrons. The zero-order chi connectivity index (χ0) is 18.5. The Hall–Kier alpha value is -1.96. The quantitative estimate of drug-likeness (QED) is 0.405. The zero-order valence-electron chi connectivity index (χ0n) is 13.4. The highest BCUT2D eigenvalue weighted by Crippen LogP contribution is 2.17. The fourth-order valence-electron chi connectivity index (χ4n) is 2.21. The fraction of sp³-hybridized carbons (Fsp3) is 0.0556. The van der Waals surface area contributed by atoms with Crippen LogP contribution < -0.4 is 5.43 Å². The van der Waals surface area contributed by atoms with E-state index in [0.29, 0.717) is 16.0 Å². The van der Waals surface area contributed by atoms with Gasteiger partial charge in [0.1, 0.15) is 0 Å². The number of nitrogens with zero attached hydrogens (tertiary/aromatic N) is 3. The molecule has 0 spiro atoms. The number of amides is 1. The number of hydrogen-bond acceptors (Lipinski definition) is 3. The summed E-state index contributed by atoms with van der Waals surface area (Å²) in [6.07, 6.45) is 3.29. The van der Waals surface area contributed by atoms with Crippen molar-refractivity contribution in [2.75, 3.05) is 0 Å². The summed E-state index contributed by atoms with van der Waals surface area (Å²) in [7, 11) is 0. The van der Waals surface area contributed by atoms with Gasteiger partial charge in [0, 0.05) is 15.7 Å². The third-order valence-electron chi connectivity index (χ3n) is 3.42. The second-order valence-electron chi connectivity index (χ2n) is 5.40. The minimum atomic E-state index is -0.398. The first kappa shape index (κ1) is 18.8. The van der Waals surface area contributed by atoms with Crippen LogP contribution in [0.2, 0.25) is 5.02 Å². The van der Waals surface area contributed by atoms with Crippen LogP contribution in [-0.2, 0) is 6.54 Å². The smallest absolute Gasteiger partial charge is 0.266 e. The van der Waals surface area contributed by atoms with E-state index in [0.717, 1.165) is 15.6 Å². The summed E-state index contributed by atoms with van der Waals surface area (Å²) < 4.78 is 3.31. The number of hydrogen-bond donors (Lipinski definition) is 1. The minimum absolute atomic E-state index is 0.269. The molecule has 0 fully saturated rings. The maximum atomic E-state index is 12.3. The highest BCUT2D eigenvalue weighted by atomic mass is 79.9. The summed E-state index contributed by atoms with van der Waals surface area (Å²) in [6.45, 7) is 0.560. The van der Waals surface area contributed by atoms with E-state index in [1.54, 1.807) is 23.0 Å². The van der Waals surface area contributed by atoms with E-state index in [9.17, 15) is 4.79 Å². The standard InChI is InChI=1S/C18H13Br2ClN4O/c19-14-6-4-12(5-7-14)10-25-11-16(20)17(24-25)18(26)23-22-9-13-2-1-3-15(21)8-13/h1-9,11H,10H2,(H,23,26)/b22-9-. The molecule has 1 amide bonds. The predicted molar refractivity (Wildman–Crippen MR) is 110 cm³/mol. The van der Waals surface area contributed by atoms with E-state index in [1.807, 2.05) is 36.4 Å². The van der Waals surface area contributed by atoms with Gasteiger partial charge in [-0.3, -0.25) is 9.48 Å². The summed E-state index contributed by atoms with van der Waals surface area (Å²) in [4.78, 5) is 12.3. The first-order valence-corrected chi connectivity index (χ1v) is 9.54. The molecule has 5 nitrogen and oxygen atoms in total. The van der Waals surface area contributed by atoms with Gasteiger partial charge in [-0.05, 0) is 51.3 Å². The predicted octanol–water partition coefficient (Wildman–Crippen LogP) is 4.87. The van der Waals surface area contributed by atoms with Crippen LogP contribution >= 0.6 is 43.5 Å². The van der Waals surface area contributed by atoms with E-state index < -0.39 is 5.91 Å². The zero-order valence-corrected chi connectivity index (χ0v) is 17.3. The largest absolute Gasteiger partial charge is 0.293 e. The lowest BCUT2D eigenvalue weighted by Crippen LogP contribution is -2.19. The van der Waals surface area contributed by atoms with Crippen LogP contribution in [0.3, 0.4) is 0 Å². The summed E-state index contributed by atoms with van der Waals surface area (Å²) in [6, 6.07) is 15.1. The molecule has 0 aliphatic rings. The molecule has 1 aromatic heterocycles. The van der Waals surface area contributed by atoms with Gasteiger partial charge >= 0.3 is 0 Å². The summed E-state index contributed by atoms with van der Waals surface area (Å²) in [5.41, 5.74) is 4.60. The number of rotatable bonds is 5. The first-order chi connectivity index (χ1) is 12.5. The van der Waals surface area contributed by atoms with E-state index in [1.165, 1.54) is 6.21 Å². The highest BCUT2D eigenvalue weighted by molar-refractivity contribution is 9.10. The van der Waals surface area contributed by atoms with Gasteiger partial charge in [-0.1, -0.05) is 51.8 Å². The molecule has 0 saturated carbocycles. The van der Waals surface area contributed by atoms with Crippen LogP contribution in [0.5, 0.6) is 0 Å². The molecule has 0 bridgehead atoms. The Morgan fingerprint density at radius 3 is 2.73 bits per heavy atom. The van der Waals surface area contributed by atoms with Gasteiger partial charge in [-0.15, -0.1) is 0 Å². The normalized spacial score (nSPS) is 11.0. The monoisotopic (exact) mass is 494 g/mol. The van der Waals surface area contributed by atoms with Crippen LogP contribution in [0.4, 0.5) is 0 Å². The third-order valence-corrected chi connectivity index (χ3v) is 4.76. The van der Waals surface area contributed by atoms with Crippen molar-refractivity contribution in [1.82, 2.24) is 15.2 Å². The van der Waals surface area contributed by atoms with Gasteiger partial charge in [0.25, 0.3) is 5.91 Å². The average Bonchev–Trinajstić information content (AvgIpc) is 2.97. The number of nitrogens with one attached hydrogen (secondary N) is 1. The molecule has 0 saturated heterocycles. The molecular formula is C18H13Br2ClN4O. The van der Waals surface area contributed by atoms with E-state index in [4.69, 9.17) is 11.6 Å². The number of benzene rings is 2. The van der Waals surface area contributed by atoms with Crippen LogP contribution in [0, 0.1) is 0 Å². The van der Waals surface area contributed by atoms with Crippen molar-refractivity contribution in [3.8, 4) is 0 Å². The average molecular weight is 497 g/mol. The number of hydrazone groups is 1. The number of carbonyl (C=O) groups is 1. The van der Waals surface area contributed by atoms with Gasteiger partial charge in [0.05, 0.1) is 17.2 Å². The van der Waals surface area contributed by atoms with Gasteiger partial charge in [-0.25, -0.2) is 5.43 Å². The Balaban J connectivity index is 1.66. The Morgan fingerprint density at radius 1 is 1.23 bits per heavy atom. The number of aromatic nitrogens is 2. The lowest BCUT2D eigenvalue weighted by molar-refractivity contribution is 0.0948. The Bertz CT molecular complexity index is 954. The molecule has 1 heterocycles. The van der Waals surface area contributed by atoms with Gasteiger partial charge in [-0.2, -0.15) is 10.2 Å². The summed E-state index contributed by atoms with van der Waals surface area (Å²) >= 11 is 12.7. The van der Waals surface area contributed by atoms with Crippen molar-refractivity contribution in [3.05, 3.63) is 85.5 Å². The molecule has 0 aliphatic heterocycles. The number of halogens is 3. The maximum absolute atomic E-state index is 12.3. The molecular weight excluding hydrogens is 483 g/mol. The van der Waals surface area contributed by atoms with Crippen molar-refractivity contribution in [3.63, 3.8) is 0 Å². The Kier molecular flexibility index (Phi) is 6.24. The maximum Gasteiger partial charge on any atom is 0.293 e. The number of carbonyl (C=O) groups excluding carboxylic acids is 1. The van der Waals surface area contributed by atoms with Gasteiger partial charge in [0.15, 0.2) is 5.69 Å². The Labute approximate surface area is 172 Å². The first-order valence-electron chi connectivity index (χ1n) is 7.57. The van der Waals surface area contributed by atoms with Crippen LogP contribution in [0.15, 0.2) is 68.8 Å². The minimum Gasteiger partial charge on any atom is -0.266 e. The molecule has 0 atom stereocenters.